The fourth-order valence-electron chi connectivity index (χ4n) is 1.45. The van der Waals surface area contributed by atoms with Crippen LogP contribution in [0.25, 0.3) is 0 Å². The quantitative estimate of drug-likeness (QED) is 0.784. The molecular formula is C13H15FN2O. The summed E-state index contributed by atoms with van der Waals surface area (Å²) in [6.45, 7) is 0. The Morgan fingerprint density at radius 1 is 1.18 bits per heavy atom. The normalized spacial score (nSPS) is 9.94. The van der Waals surface area contributed by atoms with Gasteiger partial charge in [0.05, 0.1) is 0 Å². The first-order valence-corrected chi connectivity index (χ1v) is 5.07. The van der Waals surface area contributed by atoms with E-state index in [2.05, 4.69) is 5.32 Å². The Balaban J connectivity index is 0.00000162. The van der Waals surface area contributed by atoms with Gasteiger partial charge in [-0.25, -0.2) is 4.39 Å². The number of halogens is 1. The molecule has 3 N–H and O–H groups in total. The second kappa shape index (κ2) is 4.65. The molecule has 2 aromatic rings. The third-order valence-electron chi connectivity index (χ3n) is 2.23. The Morgan fingerprint density at radius 2 is 1.94 bits per heavy atom. The van der Waals surface area contributed by atoms with Crippen molar-refractivity contribution in [1.29, 1.82) is 0 Å². The molecule has 0 atom stereocenters. The van der Waals surface area contributed by atoms with Gasteiger partial charge >= 0.3 is 0 Å². The number of nitrogens with two attached hydrogens (primary N) is 1. The van der Waals surface area contributed by atoms with Gasteiger partial charge in [-0.15, -0.1) is 0 Å². The molecule has 0 heterocycles. The number of anilines is 2. The molecule has 0 aliphatic rings. The molecule has 0 radical (unpaired) electrons. The zero-order chi connectivity index (χ0) is 12.3. The van der Waals surface area contributed by atoms with Gasteiger partial charge in [-0.2, -0.15) is 0 Å². The van der Waals surface area contributed by atoms with E-state index in [0.717, 1.165) is 0 Å². The molecule has 2 aromatic carbocycles. The van der Waals surface area contributed by atoms with Crippen LogP contribution in [-0.4, -0.2) is 5.91 Å². The van der Waals surface area contributed by atoms with E-state index in [-0.39, 0.29) is 8.76 Å². The third kappa shape index (κ3) is 2.81. The molecule has 0 aliphatic carbocycles. The fraction of sp³-hybridized carbons (Fsp3) is 0. The number of hydrogen-bond donors (Lipinski definition) is 2. The molecule has 4 heteroatoms. The largest absolute Gasteiger partial charge is 0.399 e. The zero-order valence-electron chi connectivity index (χ0n) is 8.98. The van der Waals surface area contributed by atoms with Crippen molar-refractivity contribution < 1.29 is 12.0 Å². The van der Waals surface area contributed by atoms with E-state index in [1.807, 2.05) is 0 Å². The van der Waals surface area contributed by atoms with Crippen molar-refractivity contribution in [3.63, 3.8) is 0 Å². The van der Waals surface area contributed by atoms with Gasteiger partial charge in [0.2, 0.25) is 0 Å². The molecule has 2 rings (SSSR count). The molecule has 0 saturated heterocycles. The summed E-state index contributed by atoms with van der Waals surface area (Å²) in [4.78, 5) is 11.8. The Hall–Kier alpha value is -2.36. The second-order valence-electron chi connectivity index (χ2n) is 3.59. The standard InChI is InChI=1S/C13H11FN2O.2H2/c14-10-4-2-6-12(8-10)16-13(17)9-3-1-5-11(15)7-9;;/h1-8H,15H2,(H,16,17);2*1H. The van der Waals surface area contributed by atoms with Crippen LogP contribution in [0.3, 0.4) is 0 Å². The van der Waals surface area contributed by atoms with Crippen LogP contribution in [0.2, 0.25) is 0 Å². The minimum absolute atomic E-state index is 0. The summed E-state index contributed by atoms with van der Waals surface area (Å²) < 4.78 is 12.9. The Kier molecular flexibility index (Phi) is 3.05. The molecule has 1 amide bonds. The molecule has 17 heavy (non-hydrogen) atoms. The molecule has 0 aromatic heterocycles. The van der Waals surface area contributed by atoms with Crippen LogP contribution in [0, 0.1) is 5.82 Å². The fourth-order valence-corrected chi connectivity index (χ4v) is 1.45. The summed E-state index contributed by atoms with van der Waals surface area (Å²) in [5, 5.41) is 2.59. The average molecular weight is 234 g/mol. The van der Waals surface area contributed by atoms with Gasteiger partial charge in [-0.3, -0.25) is 4.79 Å². The van der Waals surface area contributed by atoms with Gasteiger partial charge in [-0.05, 0) is 36.4 Å². The van der Waals surface area contributed by atoms with Gasteiger partial charge in [0.25, 0.3) is 5.91 Å². The van der Waals surface area contributed by atoms with E-state index in [4.69, 9.17) is 5.73 Å². The Morgan fingerprint density at radius 3 is 2.65 bits per heavy atom. The number of carbonyl (C=O) groups is 1. The number of nitrogen functional groups attached to an aromatic ring is 1. The van der Waals surface area contributed by atoms with Crippen molar-refractivity contribution in [3.8, 4) is 0 Å². The number of nitrogens with one attached hydrogen (secondary N) is 1. The highest BCUT2D eigenvalue weighted by molar-refractivity contribution is 6.04. The summed E-state index contributed by atoms with van der Waals surface area (Å²) in [5.41, 5.74) is 6.94. The molecule has 3 nitrogen and oxygen atoms in total. The maximum Gasteiger partial charge on any atom is 0.255 e. The van der Waals surface area contributed by atoms with Crippen molar-refractivity contribution in [3.05, 3.63) is 59.9 Å². The van der Waals surface area contributed by atoms with Crippen LogP contribution < -0.4 is 11.1 Å². The van der Waals surface area contributed by atoms with Crippen molar-refractivity contribution >= 4 is 17.3 Å². The lowest BCUT2D eigenvalue weighted by molar-refractivity contribution is 0.102. The molecule has 0 spiro atoms. The first-order chi connectivity index (χ1) is 8.15. The lowest BCUT2D eigenvalue weighted by Gasteiger charge is -2.05. The van der Waals surface area contributed by atoms with Gasteiger partial charge in [0.15, 0.2) is 0 Å². The van der Waals surface area contributed by atoms with E-state index in [1.54, 1.807) is 30.3 Å². The number of amides is 1. The number of carbonyl (C=O) groups excluding carboxylic acids is 1. The minimum Gasteiger partial charge on any atom is -0.399 e. The van der Waals surface area contributed by atoms with E-state index < -0.39 is 5.82 Å². The first-order valence-electron chi connectivity index (χ1n) is 5.07. The second-order valence-corrected chi connectivity index (χ2v) is 3.59. The molecule has 0 bridgehead atoms. The van der Waals surface area contributed by atoms with Crippen LogP contribution in [0.4, 0.5) is 15.8 Å². The molecular weight excluding hydrogens is 219 g/mol. The van der Waals surface area contributed by atoms with Crippen molar-refractivity contribution in [2.75, 3.05) is 11.1 Å². The third-order valence-corrected chi connectivity index (χ3v) is 2.23. The van der Waals surface area contributed by atoms with E-state index in [9.17, 15) is 9.18 Å². The zero-order valence-corrected chi connectivity index (χ0v) is 8.98. The molecule has 90 valence electrons. The first kappa shape index (κ1) is 11.1. The summed E-state index contributed by atoms with van der Waals surface area (Å²) in [6.07, 6.45) is 0. The van der Waals surface area contributed by atoms with Crippen LogP contribution in [-0.2, 0) is 0 Å². The van der Waals surface area contributed by atoms with Gasteiger partial charge in [-0.1, -0.05) is 12.1 Å². The van der Waals surface area contributed by atoms with Crippen molar-refractivity contribution in [2.45, 2.75) is 0 Å². The highest BCUT2D eigenvalue weighted by atomic mass is 19.1. The molecule has 0 unspecified atom stereocenters. The van der Waals surface area contributed by atoms with Gasteiger partial charge < -0.3 is 11.1 Å². The molecule has 0 fully saturated rings. The van der Waals surface area contributed by atoms with Crippen molar-refractivity contribution in [1.82, 2.24) is 0 Å². The van der Waals surface area contributed by atoms with Crippen LogP contribution >= 0.6 is 0 Å². The maximum absolute atomic E-state index is 12.9. The van der Waals surface area contributed by atoms with Crippen molar-refractivity contribution in [2.24, 2.45) is 0 Å². The van der Waals surface area contributed by atoms with Gasteiger partial charge in [0, 0.05) is 19.8 Å². The van der Waals surface area contributed by atoms with E-state index in [0.29, 0.717) is 16.9 Å². The predicted molar refractivity (Wildman–Crippen MR) is 69.4 cm³/mol. The number of benzene rings is 2. The number of rotatable bonds is 2. The summed E-state index contributed by atoms with van der Waals surface area (Å²) >= 11 is 0. The smallest absolute Gasteiger partial charge is 0.255 e. The number of hydrogen-bond acceptors (Lipinski definition) is 2. The topological polar surface area (TPSA) is 55.1 Å². The average Bonchev–Trinajstić information content (AvgIpc) is 2.29. The monoisotopic (exact) mass is 234 g/mol. The van der Waals surface area contributed by atoms with Crippen LogP contribution in [0.5, 0.6) is 0 Å². The molecule has 0 aliphatic heterocycles. The van der Waals surface area contributed by atoms with Crippen LogP contribution in [0.1, 0.15) is 13.2 Å². The maximum atomic E-state index is 12.9. The Labute approximate surface area is 101 Å². The lowest BCUT2D eigenvalue weighted by Crippen LogP contribution is -2.12. The molecule has 0 saturated carbocycles. The SMILES string of the molecule is Nc1cccc(C(=O)Nc2cccc(F)c2)c1.[HH].[HH]. The summed E-state index contributed by atoms with van der Waals surface area (Å²) in [7, 11) is 0. The predicted octanol–water partition coefficient (Wildman–Crippen LogP) is 3.15. The van der Waals surface area contributed by atoms with E-state index in [1.165, 1.54) is 18.2 Å². The lowest BCUT2D eigenvalue weighted by atomic mass is 10.2. The van der Waals surface area contributed by atoms with E-state index >= 15 is 0 Å². The summed E-state index contributed by atoms with van der Waals surface area (Å²) in [6, 6.07) is 12.3. The van der Waals surface area contributed by atoms with Crippen LogP contribution in [0.15, 0.2) is 48.5 Å². The Bertz CT molecular complexity index is 564. The minimum atomic E-state index is -0.393. The summed E-state index contributed by atoms with van der Waals surface area (Å²) in [5.74, 6) is -0.710. The highest BCUT2D eigenvalue weighted by Gasteiger charge is 2.06. The van der Waals surface area contributed by atoms with Gasteiger partial charge in [0.1, 0.15) is 5.82 Å². The highest BCUT2D eigenvalue weighted by Crippen LogP contribution is 2.12.